The number of carbonyl (C=O) groups excluding carboxylic acids is 1. The van der Waals surface area contributed by atoms with Gasteiger partial charge in [0.1, 0.15) is 6.04 Å². The smallest absolute Gasteiger partial charge is 0.245 e. The van der Waals surface area contributed by atoms with Crippen molar-refractivity contribution in [2.24, 2.45) is 0 Å². The van der Waals surface area contributed by atoms with Gasteiger partial charge < -0.3 is 20.5 Å². The quantitative estimate of drug-likeness (QED) is 0.675. The average molecular weight is 349 g/mol. The number of aromatic nitrogens is 1. The van der Waals surface area contributed by atoms with Crippen molar-refractivity contribution in [3.8, 4) is 11.3 Å². The monoisotopic (exact) mass is 349 g/mol. The topological polar surface area (TPSA) is 64.7 Å². The molecular formula is C21H25N4O+. The van der Waals surface area contributed by atoms with E-state index in [2.05, 4.69) is 39.9 Å². The fourth-order valence-electron chi connectivity index (χ4n) is 3.64. The SMILES string of the molecule is C[C@H](Nc1c(-c2ccccc2)[nH]c2ccccc12)C(=O)N1CC[NH2+]CC1. The molecule has 4 rings (SSSR count). The number of benzene rings is 2. The van der Waals surface area contributed by atoms with Crippen LogP contribution in [0.2, 0.25) is 0 Å². The summed E-state index contributed by atoms with van der Waals surface area (Å²) in [5.41, 5.74) is 4.20. The Bertz CT molecular complexity index is 897. The highest BCUT2D eigenvalue weighted by molar-refractivity contribution is 6.02. The molecule has 4 N–H and O–H groups in total. The zero-order valence-electron chi connectivity index (χ0n) is 15.0. The largest absolute Gasteiger partial charge is 0.372 e. The maximum absolute atomic E-state index is 12.8. The van der Waals surface area contributed by atoms with E-state index in [1.807, 2.05) is 42.2 Å². The van der Waals surface area contributed by atoms with Gasteiger partial charge in [-0.1, -0.05) is 48.5 Å². The zero-order valence-corrected chi connectivity index (χ0v) is 15.0. The number of nitrogens with two attached hydrogens (primary N) is 1. The molecule has 1 aliphatic heterocycles. The Morgan fingerprint density at radius 3 is 2.54 bits per heavy atom. The molecule has 0 radical (unpaired) electrons. The Balaban J connectivity index is 1.67. The molecule has 5 nitrogen and oxygen atoms in total. The molecule has 0 bridgehead atoms. The van der Waals surface area contributed by atoms with Gasteiger partial charge >= 0.3 is 0 Å². The number of nitrogens with zero attached hydrogens (tertiary/aromatic N) is 1. The molecule has 1 saturated heterocycles. The zero-order chi connectivity index (χ0) is 17.9. The number of aromatic amines is 1. The number of piperazine rings is 1. The van der Waals surface area contributed by atoms with Crippen LogP contribution in [-0.4, -0.2) is 48.0 Å². The third-order valence-electron chi connectivity index (χ3n) is 5.02. The van der Waals surface area contributed by atoms with Crippen molar-refractivity contribution in [1.82, 2.24) is 9.88 Å². The third kappa shape index (κ3) is 3.18. The van der Waals surface area contributed by atoms with E-state index >= 15 is 0 Å². The first-order valence-electron chi connectivity index (χ1n) is 9.27. The maximum atomic E-state index is 12.8. The first-order valence-corrected chi connectivity index (χ1v) is 9.27. The summed E-state index contributed by atoms with van der Waals surface area (Å²) in [5.74, 6) is 0.169. The maximum Gasteiger partial charge on any atom is 0.245 e. The molecule has 2 aromatic carbocycles. The Morgan fingerprint density at radius 1 is 1.08 bits per heavy atom. The number of quaternary nitrogens is 1. The van der Waals surface area contributed by atoms with Gasteiger partial charge in [0.25, 0.3) is 0 Å². The van der Waals surface area contributed by atoms with Crippen LogP contribution in [0.5, 0.6) is 0 Å². The Hall–Kier alpha value is -2.79. The predicted molar refractivity (Wildman–Crippen MR) is 105 cm³/mol. The number of rotatable bonds is 4. The van der Waals surface area contributed by atoms with Crippen LogP contribution in [0, 0.1) is 0 Å². The van der Waals surface area contributed by atoms with E-state index in [0.29, 0.717) is 0 Å². The molecule has 5 heteroatoms. The molecule has 1 amide bonds. The summed E-state index contributed by atoms with van der Waals surface area (Å²) in [6.07, 6.45) is 0. The summed E-state index contributed by atoms with van der Waals surface area (Å²) in [6.45, 7) is 5.58. The summed E-state index contributed by atoms with van der Waals surface area (Å²) >= 11 is 0. The van der Waals surface area contributed by atoms with Gasteiger partial charge in [0.05, 0.1) is 37.6 Å². The molecule has 0 spiro atoms. The number of carbonyl (C=O) groups is 1. The number of para-hydroxylation sites is 1. The lowest BCUT2D eigenvalue weighted by molar-refractivity contribution is -0.662. The fourth-order valence-corrected chi connectivity index (χ4v) is 3.64. The average Bonchev–Trinajstić information content (AvgIpc) is 3.07. The molecule has 1 aliphatic rings. The van der Waals surface area contributed by atoms with Gasteiger partial charge in [-0.05, 0) is 13.0 Å². The van der Waals surface area contributed by atoms with Crippen LogP contribution < -0.4 is 10.6 Å². The van der Waals surface area contributed by atoms with Crippen molar-refractivity contribution < 1.29 is 10.1 Å². The lowest BCUT2D eigenvalue weighted by atomic mass is 10.1. The minimum Gasteiger partial charge on any atom is -0.372 e. The third-order valence-corrected chi connectivity index (χ3v) is 5.02. The molecule has 0 saturated carbocycles. The first kappa shape index (κ1) is 16.7. The number of nitrogens with one attached hydrogen (secondary N) is 2. The number of H-pyrrole nitrogens is 1. The van der Waals surface area contributed by atoms with E-state index in [9.17, 15) is 4.79 Å². The van der Waals surface area contributed by atoms with E-state index in [1.54, 1.807) is 0 Å². The number of hydrogen-bond acceptors (Lipinski definition) is 2. The minimum absolute atomic E-state index is 0.169. The van der Waals surface area contributed by atoms with Crippen molar-refractivity contribution in [3.63, 3.8) is 0 Å². The van der Waals surface area contributed by atoms with Gasteiger partial charge in [-0.3, -0.25) is 4.79 Å². The molecule has 134 valence electrons. The Labute approximate surface area is 153 Å². The number of amides is 1. The van der Waals surface area contributed by atoms with Gasteiger partial charge in [-0.25, -0.2) is 0 Å². The molecule has 0 unspecified atom stereocenters. The highest BCUT2D eigenvalue weighted by Crippen LogP contribution is 2.35. The summed E-state index contributed by atoms with van der Waals surface area (Å²) in [4.78, 5) is 18.3. The molecule has 3 aromatic rings. The second-order valence-corrected chi connectivity index (χ2v) is 6.84. The second-order valence-electron chi connectivity index (χ2n) is 6.84. The lowest BCUT2D eigenvalue weighted by Gasteiger charge is -2.28. The van der Waals surface area contributed by atoms with Gasteiger partial charge in [0, 0.05) is 16.5 Å². The molecule has 1 atom stereocenters. The van der Waals surface area contributed by atoms with E-state index in [1.165, 1.54) is 0 Å². The van der Waals surface area contributed by atoms with Crippen LogP contribution in [0.15, 0.2) is 54.6 Å². The van der Waals surface area contributed by atoms with Crippen molar-refractivity contribution in [2.45, 2.75) is 13.0 Å². The summed E-state index contributed by atoms with van der Waals surface area (Å²) in [6, 6.07) is 18.2. The summed E-state index contributed by atoms with van der Waals surface area (Å²) in [7, 11) is 0. The van der Waals surface area contributed by atoms with Gasteiger partial charge in [0.15, 0.2) is 0 Å². The van der Waals surface area contributed by atoms with Crippen molar-refractivity contribution >= 4 is 22.5 Å². The van der Waals surface area contributed by atoms with E-state index in [-0.39, 0.29) is 11.9 Å². The first-order chi connectivity index (χ1) is 12.7. The normalized spacial score (nSPS) is 15.8. The summed E-state index contributed by atoms with van der Waals surface area (Å²) < 4.78 is 0. The van der Waals surface area contributed by atoms with Crippen LogP contribution >= 0.6 is 0 Å². The lowest BCUT2D eigenvalue weighted by Crippen LogP contribution is -2.90. The Morgan fingerprint density at radius 2 is 1.77 bits per heavy atom. The van der Waals surface area contributed by atoms with E-state index in [4.69, 9.17) is 0 Å². The van der Waals surface area contributed by atoms with E-state index in [0.717, 1.165) is 54.0 Å². The standard InChI is InChI=1S/C21H24N4O/c1-15(21(26)25-13-11-22-12-14-25)23-20-17-9-5-6-10-18(17)24-19(20)16-7-3-2-4-8-16/h2-10,15,22-24H,11-14H2,1H3/p+1/t15-/m0/s1. The highest BCUT2D eigenvalue weighted by atomic mass is 16.2. The van der Waals surface area contributed by atoms with Crippen LogP contribution in [0.1, 0.15) is 6.92 Å². The van der Waals surface area contributed by atoms with Crippen LogP contribution in [0.25, 0.3) is 22.2 Å². The van der Waals surface area contributed by atoms with Gasteiger partial charge in [-0.2, -0.15) is 0 Å². The molecule has 1 fully saturated rings. The van der Waals surface area contributed by atoms with Gasteiger partial charge in [0.2, 0.25) is 5.91 Å². The van der Waals surface area contributed by atoms with Crippen LogP contribution in [0.4, 0.5) is 5.69 Å². The van der Waals surface area contributed by atoms with Crippen molar-refractivity contribution in [3.05, 3.63) is 54.6 Å². The molecule has 0 aliphatic carbocycles. The second kappa shape index (κ2) is 7.22. The number of anilines is 1. The van der Waals surface area contributed by atoms with E-state index < -0.39 is 0 Å². The molecule has 1 aromatic heterocycles. The molecule has 2 heterocycles. The van der Waals surface area contributed by atoms with Crippen molar-refractivity contribution in [2.75, 3.05) is 31.5 Å². The highest BCUT2D eigenvalue weighted by Gasteiger charge is 2.25. The fraction of sp³-hybridized carbons (Fsp3) is 0.286. The predicted octanol–water partition coefficient (Wildman–Crippen LogP) is 2.04. The number of hydrogen-bond donors (Lipinski definition) is 3. The molecular weight excluding hydrogens is 324 g/mol. The summed E-state index contributed by atoms with van der Waals surface area (Å²) in [5, 5.41) is 6.86. The van der Waals surface area contributed by atoms with Gasteiger partial charge in [-0.15, -0.1) is 0 Å². The Kier molecular flexibility index (Phi) is 4.63. The van der Waals surface area contributed by atoms with Crippen molar-refractivity contribution in [1.29, 1.82) is 0 Å². The molecule has 26 heavy (non-hydrogen) atoms. The van der Waals surface area contributed by atoms with Crippen LogP contribution in [-0.2, 0) is 4.79 Å². The number of fused-ring (bicyclic) bond motifs is 1. The minimum atomic E-state index is -0.269. The van der Waals surface area contributed by atoms with Crippen LogP contribution in [0.3, 0.4) is 0 Å².